The topological polar surface area (TPSA) is 55.8 Å². The Balaban J connectivity index is 1.48. The molecule has 0 radical (unpaired) electrons. The first-order valence-corrected chi connectivity index (χ1v) is 6.56. The molecule has 3 rings (SSSR count). The number of carbonyl (C=O) groups excluding carboxylic acids is 1. The van der Waals surface area contributed by atoms with Crippen LogP contribution >= 0.6 is 0 Å². The summed E-state index contributed by atoms with van der Waals surface area (Å²) in [6.45, 7) is 5.93. The van der Waals surface area contributed by atoms with Gasteiger partial charge in [0.05, 0.1) is 12.6 Å². The van der Waals surface area contributed by atoms with Crippen molar-refractivity contribution in [1.29, 1.82) is 0 Å². The van der Waals surface area contributed by atoms with Crippen LogP contribution in [0.2, 0.25) is 0 Å². The molecule has 3 aliphatic rings. The molecule has 0 aromatic heterocycles. The number of likely N-dealkylation sites (tertiary alicyclic amines) is 2. The van der Waals surface area contributed by atoms with E-state index in [9.17, 15) is 9.90 Å². The van der Waals surface area contributed by atoms with Gasteiger partial charge in [-0.15, -0.1) is 0 Å². The molecule has 0 aromatic carbocycles. The Morgan fingerprint density at radius 3 is 2.88 bits per heavy atom. The number of aliphatic hydroxyl groups excluding tert-OH is 1. The predicted octanol–water partition coefficient (Wildman–Crippen LogP) is -1.13. The molecule has 1 spiro atoms. The largest absolute Gasteiger partial charge is 0.389 e. The highest BCUT2D eigenvalue weighted by Gasteiger charge is 2.41. The average Bonchev–Trinajstić information content (AvgIpc) is 2.86. The van der Waals surface area contributed by atoms with Crippen molar-refractivity contribution in [1.82, 2.24) is 15.1 Å². The van der Waals surface area contributed by atoms with Crippen molar-refractivity contribution < 1.29 is 9.90 Å². The Labute approximate surface area is 102 Å². The lowest BCUT2D eigenvalue weighted by atomic mass is 9.87. The van der Waals surface area contributed by atoms with Crippen LogP contribution in [0.3, 0.4) is 0 Å². The first kappa shape index (κ1) is 11.4. The fourth-order valence-electron chi connectivity index (χ4n) is 3.26. The molecule has 3 fully saturated rings. The number of β-amino-alcohol motifs (C(OH)–C–C–N with tert-alkyl or cyclic N) is 1. The van der Waals surface area contributed by atoms with E-state index in [-0.39, 0.29) is 12.0 Å². The fraction of sp³-hybridized carbons (Fsp3) is 0.917. The molecule has 0 bridgehead atoms. The lowest BCUT2D eigenvalue weighted by Gasteiger charge is -2.37. The predicted molar refractivity (Wildman–Crippen MR) is 63.6 cm³/mol. The zero-order valence-electron chi connectivity index (χ0n) is 10.2. The van der Waals surface area contributed by atoms with Crippen molar-refractivity contribution in [3.8, 4) is 0 Å². The van der Waals surface area contributed by atoms with Crippen LogP contribution in [-0.2, 0) is 4.79 Å². The van der Waals surface area contributed by atoms with Gasteiger partial charge in [-0.1, -0.05) is 0 Å². The van der Waals surface area contributed by atoms with E-state index in [0.717, 1.165) is 26.2 Å². The van der Waals surface area contributed by atoms with Crippen molar-refractivity contribution >= 4 is 5.91 Å². The smallest absolute Gasteiger partial charge is 0.236 e. The van der Waals surface area contributed by atoms with Gasteiger partial charge in [0.1, 0.15) is 0 Å². The summed E-state index contributed by atoms with van der Waals surface area (Å²) in [5, 5.41) is 12.6. The van der Waals surface area contributed by atoms with E-state index < -0.39 is 0 Å². The Hall–Kier alpha value is -0.650. The molecular formula is C12H21N3O2. The highest BCUT2D eigenvalue weighted by atomic mass is 16.3. The summed E-state index contributed by atoms with van der Waals surface area (Å²) in [6.07, 6.45) is 2.18. The highest BCUT2D eigenvalue weighted by molar-refractivity contribution is 5.79. The third-order valence-electron chi connectivity index (χ3n) is 4.42. The quantitative estimate of drug-likeness (QED) is 0.640. The molecule has 5 nitrogen and oxygen atoms in total. The molecule has 1 amide bonds. The first-order chi connectivity index (χ1) is 8.17. The Morgan fingerprint density at radius 2 is 2.24 bits per heavy atom. The lowest BCUT2D eigenvalue weighted by Crippen LogP contribution is -2.55. The summed E-state index contributed by atoms with van der Waals surface area (Å²) < 4.78 is 0. The number of nitrogens with one attached hydrogen (secondary N) is 1. The number of rotatable bonds is 2. The van der Waals surface area contributed by atoms with Crippen LogP contribution in [0, 0.1) is 5.41 Å². The molecule has 3 saturated heterocycles. The number of hydrogen-bond acceptors (Lipinski definition) is 4. The van der Waals surface area contributed by atoms with Gasteiger partial charge >= 0.3 is 0 Å². The van der Waals surface area contributed by atoms with Crippen LogP contribution < -0.4 is 5.32 Å². The van der Waals surface area contributed by atoms with Gasteiger partial charge < -0.3 is 15.3 Å². The van der Waals surface area contributed by atoms with E-state index in [1.807, 2.05) is 0 Å². The molecular weight excluding hydrogens is 218 g/mol. The van der Waals surface area contributed by atoms with E-state index in [2.05, 4.69) is 10.2 Å². The van der Waals surface area contributed by atoms with Gasteiger partial charge in [0.25, 0.3) is 0 Å². The number of hydrogen-bond donors (Lipinski definition) is 2. The second-order valence-corrected chi connectivity index (χ2v) is 5.84. The first-order valence-electron chi connectivity index (χ1n) is 6.56. The van der Waals surface area contributed by atoms with E-state index in [1.165, 1.54) is 12.8 Å². The minimum Gasteiger partial charge on any atom is -0.389 e. The Morgan fingerprint density at radius 1 is 1.41 bits per heavy atom. The summed E-state index contributed by atoms with van der Waals surface area (Å²) in [5.74, 6) is 0.179. The zero-order valence-corrected chi connectivity index (χ0v) is 10.2. The van der Waals surface area contributed by atoms with Gasteiger partial charge in [0.2, 0.25) is 5.91 Å². The van der Waals surface area contributed by atoms with Crippen LogP contribution in [-0.4, -0.2) is 72.7 Å². The second kappa shape index (κ2) is 4.23. The van der Waals surface area contributed by atoms with Crippen LogP contribution in [0.4, 0.5) is 0 Å². The van der Waals surface area contributed by atoms with Gasteiger partial charge in [-0.2, -0.15) is 0 Å². The molecule has 3 heterocycles. The molecule has 0 aromatic rings. The number of aliphatic hydroxyl groups is 1. The minimum atomic E-state index is -0.289. The van der Waals surface area contributed by atoms with E-state index in [4.69, 9.17) is 0 Å². The molecule has 3 aliphatic heterocycles. The molecule has 0 saturated carbocycles. The molecule has 1 unspecified atom stereocenters. The number of amides is 1. The highest BCUT2D eigenvalue weighted by Crippen LogP contribution is 2.35. The number of carbonyl (C=O) groups is 1. The van der Waals surface area contributed by atoms with Crippen molar-refractivity contribution in [3.63, 3.8) is 0 Å². The van der Waals surface area contributed by atoms with Gasteiger partial charge in [0, 0.05) is 26.2 Å². The molecule has 17 heavy (non-hydrogen) atoms. The van der Waals surface area contributed by atoms with E-state index >= 15 is 0 Å². The Bertz CT molecular complexity index is 309. The maximum atomic E-state index is 11.9. The van der Waals surface area contributed by atoms with Crippen LogP contribution in [0.25, 0.3) is 0 Å². The molecule has 96 valence electrons. The van der Waals surface area contributed by atoms with Gasteiger partial charge in [-0.25, -0.2) is 0 Å². The number of nitrogens with zero attached hydrogens (tertiary/aromatic N) is 2. The maximum Gasteiger partial charge on any atom is 0.236 e. The SMILES string of the molecule is O=C(CN1CCC2(CCNC2)C1)N1CC(O)C1. The minimum absolute atomic E-state index is 0.179. The summed E-state index contributed by atoms with van der Waals surface area (Å²) in [6, 6.07) is 0. The zero-order chi connectivity index (χ0) is 11.9. The van der Waals surface area contributed by atoms with Gasteiger partial charge in [0.15, 0.2) is 0 Å². The molecule has 5 heteroatoms. The Kier molecular flexibility index (Phi) is 2.84. The van der Waals surface area contributed by atoms with Gasteiger partial charge in [-0.3, -0.25) is 9.69 Å². The average molecular weight is 239 g/mol. The lowest BCUT2D eigenvalue weighted by molar-refractivity contribution is -0.142. The molecule has 1 atom stereocenters. The summed E-state index contributed by atoms with van der Waals surface area (Å²) in [5.41, 5.74) is 0.439. The molecule has 2 N–H and O–H groups in total. The van der Waals surface area contributed by atoms with Crippen molar-refractivity contribution in [2.75, 3.05) is 45.8 Å². The fourth-order valence-corrected chi connectivity index (χ4v) is 3.26. The normalized spacial score (nSPS) is 34.5. The van der Waals surface area contributed by atoms with Crippen molar-refractivity contribution in [3.05, 3.63) is 0 Å². The van der Waals surface area contributed by atoms with E-state index in [0.29, 0.717) is 25.0 Å². The molecule has 0 aliphatic carbocycles. The summed E-state index contributed by atoms with van der Waals surface area (Å²) in [7, 11) is 0. The third-order valence-corrected chi connectivity index (χ3v) is 4.42. The summed E-state index contributed by atoms with van der Waals surface area (Å²) >= 11 is 0. The monoisotopic (exact) mass is 239 g/mol. The third kappa shape index (κ3) is 2.19. The van der Waals surface area contributed by atoms with Crippen LogP contribution in [0.15, 0.2) is 0 Å². The standard InChI is InChI=1S/C12H21N3O2/c16-10-5-15(6-10)11(17)7-14-4-2-12(9-14)1-3-13-8-12/h10,13,16H,1-9H2. The second-order valence-electron chi connectivity index (χ2n) is 5.84. The van der Waals surface area contributed by atoms with Gasteiger partial charge in [-0.05, 0) is 31.3 Å². The van der Waals surface area contributed by atoms with Crippen molar-refractivity contribution in [2.45, 2.75) is 18.9 Å². The van der Waals surface area contributed by atoms with Crippen LogP contribution in [0.1, 0.15) is 12.8 Å². The maximum absolute atomic E-state index is 11.9. The summed E-state index contributed by atoms with van der Waals surface area (Å²) in [4.78, 5) is 15.9. The van der Waals surface area contributed by atoms with Crippen LogP contribution in [0.5, 0.6) is 0 Å². The van der Waals surface area contributed by atoms with E-state index in [1.54, 1.807) is 4.90 Å². The van der Waals surface area contributed by atoms with Crippen molar-refractivity contribution in [2.24, 2.45) is 5.41 Å².